The molecule has 0 saturated carbocycles. The third-order valence-corrected chi connectivity index (χ3v) is 5.18. The van der Waals surface area contributed by atoms with Crippen molar-refractivity contribution in [1.82, 2.24) is 4.98 Å². The van der Waals surface area contributed by atoms with Crippen LogP contribution in [0.4, 0.5) is 5.69 Å². The van der Waals surface area contributed by atoms with Gasteiger partial charge in [-0.15, -0.1) is 0 Å². The summed E-state index contributed by atoms with van der Waals surface area (Å²) in [5.41, 5.74) is 2.47. The van der Waals surface area contributed by atoms with E-state index in [-0.39, 0.29) is 18.2 Å². The maximum absolute atomic E-state index is 12.6. The van der Waals surface area contributed by atoms with Gasteiger partial charge in [-0.25, -0.2) is 9.78 Å². The van der Waals surface area contributed by atoms with E-state index < -0.39 is 5.63 Å². The van der Waals surface area contributed by atoms with Gasteiger partial charge in [-0.3, -0.25) is 4.79 Å². The first-order chi connectivity index (χ1) is 15.2. The predicted octanol–water partition coefficient (Wildman–Crippen LogP) is 5.19. The third kappa shape index (κ3) is 3.81. The van der Waals surface area contributed by atoms with Crippen LogP contribution in [0.3, 0.4) is 0 Å². The van der Waals surface area contributed by atoms with Gasteiger partial charge in [0.2, 0.25) is 11.8 Å². The minimum atomic E-state index is -0.423. The highest BCUT2D eigenvalue weighted by Crippen LogP contribution is 2.22. The van der Waals surface area contributed by atoms with Crippen molar-refractivity contribution < 1.29 is 9.21 Å². The number of carbonyl (C=O) groups is 1. The molecule has 31 heavy (non-hydrogen) atoms. The lowest BCUT2D eigenvalue weighted by Gasteiger charge is -2.09. The normalized spacial score (nSPS) is 11.0. The molecule has 1 heterocycles. The van der Waals surface area contributed by atoms with Gasteiger partial charge in [0.15, 0.2) is 0 Å². The zero-order valence-electron chi connectivity index (χ0n) is 16.5. The Morgan fingerprint density at radius 1 is 0.806 bits per heavy atom. The summed E-state index contributed by atoms with van der Waals surface area (Å²) in [6.45, 7) is 0. The Morgan fingerprint density at radius 3 is 2.35 bits per heavy atom. The number of hydrogen-bond acceptors (Lipinski definition) is 4. The molecule has 1 aromatic heterocycles. The lowest BCUT2D eigenvalue weighted by molar-refractivity contribution is -0.115. The maximum atomic E-state index is 12.6. The second-order valence-electron chi connectivity index (χ2n) is 7.26. The van der Waals surface area contributed by atoms with Crippen LogP contribution in [0.15, 0.2) is 100 Å². The lowest BCUT2D eigenvalue weighted by Crippen LogP contribution is -2.14. The summed E-state index contributed by atoms with van der Waals surface area (Å²) in [7, 11) is 0. The Bertz CT molecular complexity index is 1460. The number of anilines is 1. The third-order valence-electron chi connectivity index (χ3n) is 5.18. The van der Waals surface area contributed by atoms with E-state index in [4.69, 9.17) is 4.42 Å². The molecule has 1 amide bonds. The molecule has 1 N–H and O–H groups in total. The van der Waals surface area contributed by atoms with E-state index in [1.54, 1.807) is 42.5 Å². The van der Waals surface area contributed by atoms with E-state index in [0.29, 0.717) is 22.2 Å². The van der Waals surface area contributed by atoms with Crippen LogP contribution in [-0.2, 0) is 11.2 Å². The molecular weight excluding hydrogens is 388 g/mol. The first-order valence-corrected chi connectivity index (χ1v) is 9.94. The fourth-order valence-electron chi connectivity index (χ4n) is 3.66. The van der Waals surface area contributed by atoms with E-state index in [2.05, 4.69) is 10.3 Å². The molecule has 0 radical (unpaired) electrons. The highest BCUT2D eigenvalue weighted by molar-refractivity contribution is 5.96. The van der Waals surface area contributed by atoms with Gasteiger partial charge in [0.25, 0.3) is 0 Å². The number of para-hydroxylation sites is 1. The smallest absolute Gasteiger partial charge is 0.347 e. The minimum Gasteiger partial charge on any atom is -0.403 e. The Hall–Kier alpha value is -4.25. The lowest BCUT2D eigenvalue weighted by atomic mass is 10.0. The van der Waals surface area contributed by atoms with Gasteiger partial charge in [0, 0.05) is 11.3 Å². The van der Waals surface area contributed by atoms with E-state index >= 15 is 0 Å². The topological polar surface area (TPSA) is 72.2 Å². The van der Waals surface area contributed by atoms with Gasteiger partial charge in [0.05, 0.1) is 17.3 Å². The van der Waals surface area contributed by atoms with Gasteiger partial charge in [-0.1, -0.05) is 54.6 Å². The van der Waals surface area contributed by atoms with Crippen LogP contribution in [0, 0.1) is 0 Å². The van der Waals surface area contributed by atoms with Gasteiger partial charge >= 0.3 is 5.63 Å². The number of fused-ring (bicyclic) bond motifs is 2. The van der Waals surface area contributed by atoms with E-state index in [1.165, 1.54) is 0 Å². The van der Waals surface area contributed by atoms with Gasteiger partial charge in [-0.05, 0) is 52.7 Å². The van der Waals surface area contributed by atoms with Crippen molar-refractivity contribution >= 4 is 33.3 Å². The number of nitrogens with one attached hydrogen (secondary N) is 1. The molecule has 5 nitrogen and oxygen atoms in total. The Morgan fingerprint density at radius 2 is 1.52 bits per heavy atom. The van der Waals surface area contributed by atoms with Crippen LogP contribution in [-0.4, -0.2) is 10.9 Å². The molecule has 0 bridgehead atoms. The van der Waals surface area contributed by atoms with Crippen molar-refractivity contribution in [3.63, 3.8) is 0 Å². The van der Waals surface area contributed by atoms with Gasteiger partial charge < -0.3 is 9.73 Å². The molecule has 5 rings (SSSR count). The Kier molecular flexibility index (Phi) is 4.77. The fourth-order valence-corrected chi connectivity index (χ4v) is 3.66. The predicted molar refractivity (Wildman–Crippen MR) is 122 cm³/mol. The second-order valence-corrected chi connectivity index (χ2v) is 7.26. The van der Waals surface area contributed by atoms with E-state index in [1.807, 2.05) is 48.5 Å². The summed E-state index contributed by atoms with van der Waals surface area (Å²) >= 11 is 0. The average molecular weight is 406 g/mol. The summed E-state index contributed by atoms with van der Waals surface area (Å²) in [6, 6.07) is 28.1. The molecule has 0 fully saturated rings. The fraction of sp³-hybridized carbons (Fsp3) is 0.0385. The number of hydrogen-bond donors (Lipinski definition) is 1. The van der Waals surface area contributed by atoms with Crippen molar-refractivity contribution in [1.29, 1.82) is 0 Å². The largest absolute Gasteiger partial charge is 0.403 e. The molecule has 0 atom stereocenters. The molecule has 150 valence electrons. The van der Waals surface area contributed by atoms with Crippen LogP contribution < -0.4 is 10.9 Å². The summed E-state index contributed by atoms with van der Waals surface area (Å²) in [5, 5.41) is 5.56. The quantitative estimate of drug-likeness (QED) is 0.446. The highest BCUT2D eigenvalue weighted by atomic mass is 16.4. The van der Waals surface area contributed by atoms with Crippen LogP contribution in [0.5, 0.6) is 0 Å². The van der Waals surface area contributed by atoms with Crippen molar-refractivity contribution in [2.75, 3.05) is 5.32 Å². The molecule has 0 aliphatic rings. The molecule has 0 spiro atoms. The first-order valence-electron chi connectivity index (χ1n) is 9.94. The Balaban J connectivity index is 1.34. The summed E-state index contributed by atoms with van der Waals surface area (Å²) in [5.74, 6) is 0.150. The van der Waals surface area contributed by atoms with E-state index in [0.717, 1.165) is 16.3 Å². The molecule has 5 aromatic rings. The molecule has 0 aliphatic carbocycles. The van der Waals surface area contributed by atoms with Crippen molar-refractivity contribution in [3.05, 3.63) is 107 Å². The number of carbonyl (C=O) groups excluding carboxylic acids is 1. The van der Waals surface area contributed by atoms with Crippen LogP contribution >= 0.6 is 0 Å². The number of aromatic nitrogens is 1. The standard InChI is InChI=1S/C26H18N2O3/c29-24(16-19-8-5-7-17-6-1-2-9-21(17)19)27-20-14-12-18(13-15-20)25-28-23-11-4-3-10-22(23)26(30)31-25/h1-15H,16H2,(H,27,29). The van der Waals surface area contributed by atoms with Crippen LogP contribution in [0.25, 0.3) is 33.1 Å². The van der Waals surface area contributed by atoms with Crippen molar-refractivity contribution in [3.8, 4) is 11.5 Å². The molecule has 5 heteroatoms. The zero-order chi connectivity index (χ0) is 21.2. The SMILES string of the molecule is O=C(Cc1cccc2ccccc12)Nc1ccc(-c2nc3ccccc3c(=O)o2)cc1. The van der Waals surface area contributed by atoms with E-state index in [9.17, 15) is 9.59 Å². The number of amides is 1. The van der Waals surface area contributed by atoms with Crippen LogP contribution in [0.2, 0.25) is 0 Å². The number of benzene rings is 4. The Labute approximate surface area is 178 Å². The van der Waals surface area contributed by atoms with Gasteiger partial charge in [-0.2, -0.15) is 0 Å². The molecule has 0 aliphatic heterocycles. The van der Waals surface area contributed by atoms with Crippen molar-refractivity contribution in [2.24, 2.45) is 0 Å². The molecular formula is C26H18N2O3. The molecule has 0 unspecified atom stereocenters. The molecule has 0 saturated heterocycles. The summed E-state index contributed by atoms with van der Waals surface area (Å²) < 4.78 is 5.36. The zero-order valence-corrected chi connectivity index (χ0v) is 16.5. The maximum Gasteiger partial charge on any atom is 0.347 e. The highest BCUT2D eigenvalue weighted by Gasteiger charge is 2.10. The molecule has 4 aromatic carbocycles. The number of rotatable bonds is 4. The van der Waals surface area contributed by atoms with Gasteiger partial charge in [0.1, 0.15) is 0 Å². The second kappa shape index (κ2) is 7.88. The number of nitrogens with zero attached hydrogens (tertiary/aromatic N) is 1. The van der Waals surface area contributed by atoms with Crippen LogP contribution in [0.1, 0.15) is 5.56 Å². The van der Waals surface area contributed by atoms with Crippen molar-refractivity contribution in [2.45, 2.75) is 6.42 Å². The summed E-state index contributed by atoms with van der Waals surface area (Å²) in [6.07, 6.45) is 0.282. The minimum absolute atomic E-state index is 0.0977. The monoisotopic (exact) mass is 406 g/mol. The average Bonchev–Trinajstić information content (AvgIpc) is 2.80. The first kappa shape index (κ1) is 18.8. The summed E-state index contributed by atoms with van der Waals surface area (Å²) in [4.78, 5) is 29.2.